The van der Waals surface area contributed by atoms with Gasteiger partial charge in [-0.1, -0.05) is 40.2 Å². The van der Waals surface area contributed by atoms with E-state index in [2.05, 4.69) is 25.9 Å². The van der Waals surface area contributed by atoms with Gasteiger partial charge in [0.15, 0.2) is 11.5 Å². The Labute approximate surface area is 225 Å². The summed E-state index contributed by atoms with van der Waals surface area (Å²) in [5.74, 6) is -1.10. The highest BCUT2D eigenvalue weighted by Crippen LogP contribution is 2.42. The molecule has 0 bridgehead atoms. The third kappa shape index (κ3) is 4.05. The zero-order valence-corrected chi connectivity index (χ0v) is 22.0. The number of carbonyl (C=O) groups excluding carboxylic acids is 2. The quantitative estimate of drug-likeness (QED) is 0.221. The van der Waals surface area contributed by atoms with Gasteiger partial charge in [0, 0.05) is 9.86 Å². The molecule has 1 amide bonds. The largest absolute Gasteiger partial charge is 0.503 e. The van der Waals surface area contributed by atoms with Crippen LogP contribution in [0.25, 0.3) is 22.0 Å². The minimum atomic E-state index is -0.955. The molecule has 3 heterocycles. The van der Waals surface area contributed by atoms with Crippen LogP contribution < -0.4 is 9.64 Å². The Morgan fingerprint density at radius 1 is 1.11 bits per heavy atom. The van der Waals surface area contributed by atoms with E-state index in [0.717, 1.165) is 9.99 Å². The van der Waals surface area contributed by atoms with Crippen LogP contribution >= 0.6 is 15.9 Å². The summed E-state index contributed by atoms with van der Waals surface area (Å²) in [5, 5.41) is 11.8. The number of rotatable bonds is 6. The Kier molecular flexibility index (Phi) is 5.80. The van der Waals surface area contributed by atoms with Gasteiger partial charge >= 0.3 is 0 Å². The molecule has 38 heavy (non-hydrogen) atoms. The van der Waals surface area contributed by atoms with Crippen molar-refractivity contribution in [2.45, 2.75) is 26.0 Å². The van der Waals surface area contributed by atoms with E-state index < -0.39 is 23.5 Å². The number of Topliss-reactive ketones (excluding diaryl/α,β-unsaturated/α-hetero) is 1. The summed E-state index contributed by atoms with van der Waals surface area (Å²) in [6, 6.07) is 20.5. The summed E-state index contributed by atoms with van der Waals surface area (Å²) in [6.07, 6.45) is -0.0184. The number of imidazole rings is 1. The van der Waals surface area contributed by atoms with Crippen molar-refractivity contribution in [1.82, 2.24) is 9.97 Å². The second-order valence-corrected chi connectivity index (χ2v) is 10.2. The van der Waals surface area contributed by atoms with Gasteiger partial charge in [-0.15, -0.1) is 0 Å². The van der Waals surface area contributed by atoms with E-state index in [4.69, 9.17) is 9.15 Å². The zero-order valence-electron chi connectivity index (χ0n) is 20.4. The van der Waals surface area contributed by atoms with Crippen LogP contribution in [-0.4, -0.2) is 32.9 Å². The third-order valence-corrected chi connectivity index (χ3v) is 6.82. The minimum Gasteiger partial charge on any atom is -0.503 e. The molecule has 1 atom stereocenters. The van der Waals surface area contributed by atoms with Gasteiger partial charge < -0.3 is 19.2 Å². The molecule has 2 aromatic heterocycles. The molecule has 0 aliphatic carbocycles. The van der Waals surface area contributed by atoms with E-state index >= 15 is 0 Å². The number of hydrogen-bond donors (Lipinski definition) is 2. The molecule has 3 aromatic carbocycles. The summed E-state index contributed by atoms with van der Waals surface area (Å²) < 4.78 is 12.4. The number of aliphatic hydroxyl groups excluding tert-OH is 1. The first-order valence-corrected chi connectivity index (χ1v) is 12.8. The number of amides is 1. The van der Waals surface area contributed by atoms with Gasteiger partial charge in [0.25, 0.3) is 5.91 Å². The smallest absolute Gasteiger partial charge is 0.296 e. The molecular weight excluding hydrogens is 550 g/mol. The second-order valence-electron chi connectivity index (χ2n) is 9.28. The molecule has 1 unspecified atom stereocenters. The van der Waals surface area contributed by atoms with Gasteiger partial charge in [-0.2, -0.15) is 0 Å². The van der Waals surface area contributed by atoms with Crippen molar-refractivity contribution < 1.29 is 23.8 Å². The van der Waals surface area contributed by atoms with Gasteiger partial charge in [-0.25, -0.2) is 4.98 Å². The van der Waals surface area contributed by atoms with Crippen molar-refractivity contribution >= 4 is 55.6 Å². The van der Waals surface area contributed by atoms with Gasteiger partial charge in [-0.3, -0.25) is 14.5 Å². The molecule has 1 aliphatic rings. The third-order valence-electron chi connectivity index (χ3n) is 6.33. The topological polar surface area (TPSA) is 109 Å². The summed E-state index contributed by atoms with van der Waals surface area (Å²) in [7, 11) is 0. The van der Waals surface area contributed by atoms with E-state index in [9.17, 15) is 14.7 Å². The van der Waals surface area contributed by atoms with Gasteiger partial charge in [0.05, 0.1) is 28.8 Å². The lowest BCUT2D eigenvalue weighted by atomic mass is 9.95. The van der Waals surface area contributed by atoms with Crippen LogP contribution in [0.4, 0.5) is 5.95 Å². The number of H-pyrrole nitrogens is 1. The minimum absolute atomic E-state index is 0.0173. The lowest BCUT2D eigenvalue weighted by molar-refractivity contribution is -0.117. The van der Waals surface area contributed by atoms with Gasteiger partial charge in [-0.05, 0) is 67.9 Å². The molecule has 9 heteroatoms. The van der Waals surface area contributed by atoms with E-state index in [1.54, 1.807) is 36.4 Å². The number of hydrogen-bond acceptors (Lipinski definition) is 6. The molecule has 0 saturated carbocycles. The van der Waals surface area contributed by atoms with E-state index in [1.807, 2.05) is 50.2 Å². The molecule has 0 spiro atoms. The van der Waals surface area contributed by atoms with Gasteiger partial charge in [0.1, 0.15) is 11.3 Å². The fourth-order valence-electron chi connectivity index (χ4n) is 4.68. The van der Waals surface area contributed by atoms with Crippen molar-refractivity contribution in [1.29, 1.82) is 0 Å². The summed E-state index contributed by atoms with van der Waals surface area (Å²) in [5.41, 5.74) is 2.39. The first kappa shape index (κ1) is 24.0. The molecule has 0 radical (unpaired) electrons. The first-order chi connectivity index (χ1) is 18.3. The van der Waals surface area contributed by atoms with Crippen LogP contribution in [0.15, 0.2) is 93.0 Å². The number of para-hydroxylation sites is 2. The second kappa shape index (κ2) is 9.18. The number of nitrogens with one attached hydrogen (secondary N) is 1. The number of aliphatic hydroxyl groups is 1. The highest BCUT2D eigenvalue weighted by atomic mass is 79.9. The van der Waals surface area contributed by atoms with Crippen LogP contribution in [0.3, 0.4) is 0 Å². The highest BCUT2D eigenvalue weighted by molar-refractivity contribution is 9.10. The number of nitrogens with zero attached hydrogens (tertiary/aromatic N) is 2. The van der Waals surface area contributed by atoms with Crippen molar-refractivity contribution in [2.75, 3.05) is 4.90 Å². The number of benzene rings is 3. The molecule has 2 N–H and O–H groups in total. The van der Waals surface area contributed by atoms with Crippen molar-refractivity contribution in [3.8, 4) is 5.75 Å². The number of halogens is 1. The molecule has 0 saturated heterocycles. The molecule has 190 valence electrons. The maximum Gasteiger partial charge on any atom is 0.296 e. The number of ether oxygens (including phenoxy) is 1. The predicted molar refractivity (Wildman–Crippen MR) is 146 cm³/mol. The first-order valence-electron chi connectivity index (χ1n) is 12.0. The predicted octanol–water partition coefficient (Wildman–Crippen LogP) is 6.64. The van der Waals surface area contributed by atoms with Crippen LogP contribution in [0.1, 0.15) is 36.0 Å². The number of anilines is 1. The van der Waals surface area contributed by atoms with Gasteiger partial charge in [0.2, 0.25) is 11.7 Å². The normalized spacial score (nSPS) is 15.8. The number of aromatic amines is 1. The average molecular weight is 572 g/mol. The van der Waals surface area contributed by atoms with Crippen molar-refractivity contribution in [3.05, 3.63) is 99.9 Å². The maximum absolute atomic E-state index is 13.8. The monoisotopic (exact) mass is 571 g/mol. The number of aromatic nitrogens is 2. The number of furan rings is 1. The standard InChI is InChI=1S/C29H22BrN3O5/c1-15(2)37-19-10-7-16(8-11-19)25-24(26(34)23-14-17-13-18(30)9-12-22(17)38-23)27(35)28(36)33(25)29-31-20-5-3-4-6-21(20)32-29/h3-15,25,35H,1-2H3,(H,31,32). The number of fused-ring (bicyclic) bond motifs is 2. The van der Waals surface area contributed by atoms with Crippen LogP contribution in [0.2, 0.25) is 0 Å². The number of carbonyl (C=O) groups is 2. The molecule has 1 aliphatic heterocycles. The molecular formula is C29H22BrN3O5. The Morgan fingerprint density at radius 2 is 1.87 bits per heavy atom. The average Bonchev–Trinajstić information content (AvgIpc) is 3.58. The van der Waals surface area contributed by atoms with Crippen LogP contribution in [0.5, 0.6) is 5.75 Å². The number of ketones is 1. The fourth-order valence-corrected chi connectivity index (χ4v) is 5.06. The van der Waals surface area contributed by atoms with E-state index in [0.29, 0.717) is 27.8 Å². The zero-order chi connectivity index (χ0) is 26.6. The lowest BCUT2D eigenvalue weighted by Crippen LogP contribution is -2.32. The lowest BCUT2D eigenvalue weighted by Gasteiger charge is -2.24. The fraction of sp³-hybridized carbons (Fsp3) is 0.138. The Bertz CT molecular complexity index is 1720. The van der Waals surface area contributed by atoms with E-state index in [1.165, 1.54) is 4.90 Å². The molecule has 5 aromatic rings. The van der Waals surface area contributed by atoms with Crippen molar-refractivity contribution in [3.63, 3.8) is 0 Å². The highest BCUT2D eigenvalue weighted by Gasteiger charge is 2.46. The Morgan fingerprint density at radius 3 is 2.61 bits per heavy atom. The Balaban J connectivity index is 1.48. The Hall–Kier alpha value is -4.37. The maximum atomic E-state index is 13.8. The van der Waals surface area contributed by atoms with Crippen molar-refractivity contribution in [2.24, 2.45) is 0 Å². The summed E-state index contributed by atoms with van der Waals surface area (Å²) >= 11 is 3.42. The SMILES string of the molecule is CC(C)Oc1ccc(C2C(C(=O)c3cc4cc(Br)ccc4o3)=C(O)C(=O)N2c2nc3ccccc3[nH]2)cc1. The summed E-state index contributed by atoms with van der Waals surface area (Å²) in [6.45, 7) is 3.85. The van der Waals surface area contributed by atoms with Crippen LogP contribution in [-0.2, 0) is 4.79 Å². The van der Waals surface area contributed by atoms with E-state index in [-0.39, 0.29) is 23.4 Å². The molecule has 8 nitrogen and oxygen atoms in total. The summed E-state index contributed by atoms with van der Waals surface area (Å²) in [4.78, 5) is 36.4. The van der Waals surface area contributed by atoms with Crippen LogP contribution in [0, 0.1) is 0 Å². The molecule has 6 rings (SSSR count). The molecule has 0 fully saturated rings.